The number of carboxylic acids is 1. The summed E-state index contributed by atoms with van der Waals surface area (Å²) in [7, 11) is 1.61. The van der Waals surface area contributed by atoms with E-state index in [1.807, 2.05) is 53.8 Å². The van der Waals surface area contributed by atoms with Crippen LogP contribution in [0.3, 0.4) is 0 Å². The summed E-state index contributed by atoms with van der Waals surface area (Å²) >= 11 is 0. The number of aliphatic carboxylic acids is 1. The average Bonchev–Trinajstić information content (AvgIpc) is 2.93. The molecule has 23 heavy (non-hydrogen) atoms. The van der Waals surface area contributed by atoms with Gasteiger partial charge in [0.05, 0.1) is 18.5 Å². The van der Waals surface area contributed by atoms with Gasteiger partial charge in [-0.05, 0) is 37.3 Å². The quantitative estimate of drug-likeness (QED) is 0.750. The molecule has 1 N–H and O–H groups in total. The summed E-state index contributed by atoms with van der Waals surface area (Å²) in [5.74, 6) is -0.269. The maximum Gasteiger partial charge on any atom is 0.328 e. The number of hydrogen-bond acceptors (Lipinski definition) is 3. The second kappa shape index (κ2) is 5.96. The molecule has 0 bridgehead atoms. The number of imidazole rings is 1. The molecule has 0 aliphatic rings. The van der Waals surface area contributed by atoms with Crippen molar-refractivity contribution in [3.63, 3.8) is 0 Å². The van der Waals surface area contributed by atoms with Crippen LogP contribution >= 0.6 is 0 Å². The highest BCUT2D eigenvalue weighted by Crippen LogP contribution is 2.29. The smallest absolute Gasteiger partial charge is 0.328 e. The van der Waals surface area contributed by atoms with E-state index in [0.717, 1.165) is 40.1 Å². The molecule has 0 amide bonds. The number of ether oxygens (including phenoxy) is 1. The van der Waals surface area contributed by atoms with Gasteiger partial charge < -0.3 is 9.84 Å². The molecule has 3 aromatic rings. The average molecular weight is 308 g/mol. The third kappa shape index (κ3) is 2.81. The van der Waals surface area contributed by atoms with Crippen LogP contribution in [0.2, 0.25) is 0 Å². The summed E-state index contributed by atoms with van der Waals surface area (Å²) in [5.41, 5.74) is 4.07. The predicted molar refractivity (Wildman–Crippen MR) is 88.6 cm³/mol. The van der Waals surface area contributed by atoms with Crippen LogP contribution in [0, 0.1) is 6.92 Å². The molecule has 0 spiro atoms. The number of aromatic nitrogens is 2. The number of carbonyl (C=O) groups is 1. The van der Waals surface area contributed by atoms with Gasteiger partial charge in [-0.2, -0.15) is 0 Å². The number of pyridine rings is 1. The van der Waals surface area contributed by atoms with E-state index < -0.39 is 5.97 Å². The van der Waals surface area contributed by atoms with Gasteiger partial charge in [0.25, 0.3) is 0 Å². The molecular formula is C18H16N2O3. The maximum absolute atomic E-state index is 10.9. The lowest BCUT2D eigenvalue weighted by Gasteiger charge is -2.05. The van der Waals surface area contributed by atoms with Crippen LogP contribution < -0.4 is 4.74 Å². The topological polar surface area (TPSA) is 63.8 Å². The van der Waals surface area contributed by atoms with Crippen molar-refractivity contribution < 1.29 is 14.6 Å². The highest BCUT2D eigenvalue weighted by atomic mass is 16.5. The van der Waals surface area contributed by atoms with Crippen LogP contribution in [-0.2, 0) is 4.79 Å². The van der Waals surface area contributed by atoms with Crippen molar-refractivity contribution in [1.82, 2.24) is 9.38 Å². The Morgan fingerprint density at radius 2 is 2.04 bits per heavy atom. The molecule has 0 atom stereocenters. The zero-order valence-corrected chi connectivity index (χ0v) is 12.9. The van der Waals surface area contributed by atoms with E-state index in [9.17, 15) is 4.79 Å². The van der Waals surface area contributed by atoms with Gasteiger partial charge in [0.2, 0.25) is 0 Å². The third-order valence-corrected chi connectivity index (χ3v) is 3.60. The molecule has 5 nitrogen and oxygen atoms in total. The summed E-state index contributed by atoms with van der Waals surface area (Å²) in [6.45, 7) is 1.96. The van der Waals surface area contributed by atoms with Gasteiger partial charge in [0.1, 0.15) is 11.4 Å². The highest BCUT2D eigenvalue weighted by Gasteiger charge is 2.14. The lowest BCUT2D eigenvalue weighted by molar-refractivity contribution is -0.131. The van der Waals surface area contributed by atoms with Crippen LogP contribution in [0.5, 0.6) is 5.75 Å². The third-order valence-electron chi connectivity index (χ3n) is 3.60. The van der Waals surface area contributed by atoms with Gasteiger partial charge in [-0.3, -0.25) is 4.40 Å². The maximum atomic E-state index is 10.9. The fraction of sp³-hybridized carbons (Fsp3) is 0.111. The fourth-order valence-corrected chi connectivity index (χ4v) is 2.57. The number of carboxylic acid groups (broad SMARTS) is 1. The number of methoxy groups -OCH3 is 1. The van der Waals surface area contributed by atoms with Crippen molar-refractivity contribution in [3.05, 3.63) is 59.9 Å². The molecule has 116 valence electrons. The standard InChI is InChI=1S/C18H16N2O3/c1-12-5-3-8-16-19-18(13-6-4-7-14(11-13)23-2)15(20(12)16)9-10-17(21)22/h3-11H,1-2H3,(H,21,22)/b10-9+. The van der Waals surface area contributed by atoms with Gasteiger partial charge in [0, 0.05) is 17.3 Å². The van der Waals surface area contributed by atoms with Crippen LogP contribution in [0.4, 0.5) is 0 Å². The fourth-order valence-electron chi connectivity index (χ4n) is 2.57. The van der Waals surface area contributed by atoms with Gasteiger partial charge in [0.15, 0.2) is 0 Å². The Kier molecular flexibility index (Phi) is 3.85. The molecule has 2 aromatic heterocycles. The largest absolute Gasteiger partial charge is 0.497 e. The van der Waals surface area contributed by atoms with E-state index >= 15 is 0 Å². The zero-order chi connectivity index (χ0) is 16.4. The SMILES string of the molecule is COc1cccc(-c2nc3cccc(C)n3c2/C=C/C(=O)O)c1. The van der Waals surface area contributed by atoms with E-state index in [1.54, 1.807) is 13.2 Å². The zero-order valence-electron chi connectivity index (χ0n) is 12.9. The lowest BCUT2D eigenvalue weighted by atomic mass is 10.1. The molecular weight excluding hydrogens is 292 g/mol. The Balaban J connectivity index is 2.28. The molecule has 0 unspecified atom stereocenters. The van der Waals surface area contributed by atoms with Crippen LogP contribution in [0.1, 0.15) is 11.4 Å². The normalized spacial score (nSPS) is 11.2. The Bertz CT molecular complexity index is 910. The van der Waals surface area contributed by atoms with Crippen molar-refractivity contribution in [2.24, 2.45) is 0 Å². The molecule has 0 aliphatic heterocycles. The Labute approximate surface area is 133 Å². The summed E-state index contributed by atoms with van der Waals surface area (Å²) in [4.78, 5) is 15.6. The first-order valence-electron chi connectivity index (χ1n) is 7.13. The van der Waals surface area contributed by atoms with Crippen molar-refractivity contribution in [2.45, 2.75) is 6.92 Å². The monoisotopic (exact) mass is 308 g/mol. The second-order valence-corrected chi connectivity index (χ2v) is 5.11. The van der Waals surface area contributed by atoms with Crippen LogP contribution in [-0.4, -0.2) is 27.6 Å². The summed E-state index contributed by atoms with van der Waals surface area (Å²) in [5, 5.41) is 8.96. The second-order valence-electron chi connectivity index (χ2n) is 5.11. The van der Waals surface area contributed by atoms with E-state index in [0.29, 0.717) is 0 Å². The van der Waals surface area contributed by atoms with Crippen molar-refractivity contribution >= 4 is 17.7 Å². The number of nitrogens with zero attached hydrogens (tertiary/aromatic N) is 2. The highest BCUT2D eigenvalue weighted by molar-refractivity contribution is 5.87. The van der Waals surface area contributed by atoms with Crippen molar-refractivity contribution in [2.75, 3.05) is 7.11 Å². The molecule has 2 heterocycles. The van der Waals surface area contributed by atoms with Gasteiger partial charge in [-0.15, -0.1) is 0 Å². The predicted octanol–water partition coefficient (Wildman–Crippen LogP) is 3.42. The molecule has 1 aromatic carbocycles. The number of aryl methyl sites for hydroxylation is 1. The van der Waals surface area contributed by atoms with Crippen molar-refractivity contribution in [3.8, 4) is 17.0 Å². The molecule has 0 saturated heterocycles. The number of fused-ring (bicyclic) bond motifs is 1. The van der Waals surface area contributed by atoms with E-state index in [2.05, 4.69) is 4.98 Å². The number of rotatable bonds is 4. The van der Waals surface area contributed by atoms with E-state index in [4.69, 9.17) is 9.84 Å². The minimum atomic E-state index is -0.995. The minimum absolute atomic E-state index is 0.718. The number of hydrogen-bond donors (Lipinski definition) is 1. The first-order valence-corrected chi connectivity index (χ1v) is 7.13. The summed E-state index contributed by atoms with van der Waals surface area (Å²) in [6, 6.07) is 13.3. The van der Waals surface area contributed by atoms with E-state index in [1.165, 1.54) is 0 Å². The molecule has 0 aliphatic carbocycles. The van der Waals surface area contributed by atoms with Gasteiger partial charge >= 0.3 is 5.97 Å². The summed E-state index contributed by atoms with van der Waals surface area (Å²) in [6.07, 6.45) is 2.70. The van der Waals surface area contributed by atoms with Crippen molar-refractivity contribution in [1.29, 1.82) is 0 Å². The molecule has 5 heteroatoms. The Hall–Kier alpha value is -3.08. The summed E-state index contributed by atoms with van der Waals surface area (Å²) < 4.78 is 7.20. The number of benzene rings is 1. The molecule has 3 rings (SSSR count). The van der Waals surface area contributed by atoms with Crippen LogP contribution in [0.15, 0.2) is 48.5 Å². The van der Waals surface area contributed by atoms with Crippen LogP contribution in [0.25, 0.3) is 23.0 Å². The first kappa shape index (κ1) is 14.8. The Morgan fingerprint density at radius 1 is 1.26 bits per heavy atom. The first-order chi connectivity index (χ1) is 11.1. The molecule has 0 saturated carbocycles. The van der Waals surface area contributed by atoms with Gasteiger partial charge in [-0.25, -0.2) is 9.78 Å². The van der Waals surface area contributed by atoms with Gasteiger partial charge in [-0.1, -0.05) is 18.2 Å². The lowest BCUT2D eigenvalue weighted by Crippen LogP contribution is -1.94. The molecule has 0 fully saturated rings. The Morgan fingerprint density at radius 3 is 2.78 bits per heavy atom. The van der Waals surface area contributed by atoms with E-state index in [-0.39, 0.29) is 0 Å². The minimum Gasteiger partial charge on any atom is -0.497 e. The molecule has 0 radical (unpaired) electrons.